The first kappa shape index (κ1) is 27.1. The molecule has 38 heavy (non-hydrogen) atoms. The van der Waals surface area contributed by atoms with Crippen LogP contribution in [0.5, 0.6) is 11.5 Å². The summed E-state index contributed by atoms with van der Waals surface area (Å²) in [6, 6.07) is 18.3. The molecule has 0 fully saturated rings. The zero-order chi connectivity index (χ0) is 27.1. The molecule has 12 heteroatoms. The van der Waals surface area contributed by atoms with Crippen molar-refractivity contribution < 1.29 is 23.5 Å². The fraction of sp³-hybridized carbons (Fsp3) is 0.154. The number of nitrogens with zero attached hydrogens (tertiary/aromatic N) is 3. The number of benzene rings is 3. The molecule has 9 nitrogen and oxygen atoms in total. The molecule has 3 aromatic carbocycles. The lowest BCUT2D eigenvalue weighted by molar-refractivity contribution is -0.113. The second-order valence-corrected chi connectivity index (χ2v) is 9.64. The number of rotatable bonds is 10. The van der Waals surface area contributed by atoms with Gasteiger partial charge in [0.2, 0.25) is 5.91 Å². The van der Waals surface area contributed by atoms with E-state index in [0.29, 0.717) is 28.0 Å². The molecule has 1 aromatic heterocycles. The molecule has 0 atom stereocenters. The number of para-hydroxylation sites is 1. The molecule has 0 aliphatic carbocycles. The zero-order valence-corrected chi connectivity index (χ0v) is 22.8. The number of anilines is 1. The van der Waals surface area contributed by atoms with Gasteiger partial charge in [0.15, 0.2) is 22.5 Å². The van der Waals surface area contributed by atoms with Gasteiger partial charge in [0.25, 0.3) is 5.91 Å². The lowest BCUT2D eigenvalue weighted by atomic mass is 10.2. The number of carbonyl (C=O) groups excluding carboxylic acids is 2. The highest BCUT2D eigenvalue weighted by Gasteiger charge is 2.18. The number of halogens is 2. The molecule has 0 spiro atoms. The van der Waals surface area contributed by atoms with Gasteiger partial charge in [-0.15, -0.1) is 10.2 Å². The molecule has 196 valence electrons. The number of amides is 2. The van der Waals surface area contributed by atoms with Crippen LogP contribution in [-0.4, -0.2) is 46.6 Å². The van der Waals surface area contributed by atoms with E-state index in [4.69, 9.17) is 9.47 Å². The smallest absolute Gasteiger partial charge is 0.251 e. The van der Waals surface area contributed by atoms with Gasteiger partial charge in [0.1, 0.15) is 5.82 Å². The molecular formula is C26H23BrFN5O4S. The van der Waals surface area contributed by atoms with Crippen LogP contribution in [0.1, 0.15) is 16.2 Å². The van der Waals surface area contributed by atoms with E-state index < -0.39 is 11.7 Å². The topological polar surface area (TPSA) is 107 Å². The Morgan fingerprint density at radius 1 is 1.00 bits per heavy atom. The van der Waals surface area contributed by atoms with Gasteiger partial charge in [-0.2, -0.15) is 0 Å². The van der Waals surface area contributed by atoms with E-state index in [1.165, 1.54) is 26.4 Å². The van der Waals surface area contributed by atoms with Crippen molar-refractivity contribution in [1.82, 2.24) is 20.1 Å². The maximum atomic E-state index is 13.9. The summed E-state index contributed by atoms with van der Waals surface area (Å²) < 4.78 is 27.0. The molecule has 0 saturated carbocycles. The van der Waals surface area contributed by atoms with E-state index in [-0.39, 0.29) is 23.9 Å². The van der Waals surface area contributed by atoms with Crippen molar-refractivity contribution in [3.8, 4) is 17.2 Å². The number of aromatic nitrogens is 3. The lowest BCUT2D eigenvalue weighted by Crippen LogP contribution is -2.24. The van der Waals surface area contributed by atoms with Crippen molar-refractivity contribution in [2.75, 3.05) is 25.3 Å². The summed E-state index contributed by atoms with van der Waals surface area (Å²) in [5, 5.41) is 14.3. The molecule has 4 aromatic rings. The highest BCUT2D eigenvalue weighted by Crippen LogP contribution is 2.28. The van der Waals surface area contributed by atoms with Gasteiger partial charge in [0, 0.05) is 15.7 Å². The fourth-order valence-electron chi connectivity index (χ4n) is 3.48. The molecule has 0 unspecified atom stereocenters. The summed E-state index contributed by atoms with van der Waals surface area (Å²) in [5.74, 6) is 0.129. The minimum absolute atomic E-state index is 0.0268. The molecule has 0 aliphatic rings. The zero-order valence-electron chi connectivity index (χ0n) is 20.4. The molecule has 2 amide bonds. The van der Waals surface area contributed by atoms with Crippen LogP contribution in [0.2, 0.25) is 0 Å². The third-order valence-corrected chi connectivity index (χ3v) is 6.78. The average Bonchev–Trinajstić information content (AvgIpc) is 3.34. The SMILES string of the molecule is COc1ccc(C(=O)NCc2nnc(SCC(=O)Nc3ccccc3F)n2-c2ccc(Br)cc2)cc1OC. The lowest BCUT2D eigenvalue weighted by Gasteiger charge is -2.12. The monoisotopic (exact) mass is 599 g/mol. The van der Waals surface area contributed by atoms with Crippen LogP contribution in [0.3, 0.4) is 0 Å². The predicted octanol–water partition coefficient (Wildman–Crippen LogP) is 4.85. The second kappa shape index (κ2) is 12.6. The Kier molecular flexibility index (Phi) is 8.98. The van der Waals surface area contributed by atoms with E-state index >= 15 is 0 Å². The Morgan fingerprint density at radius 2 is 1.74 bits per heavy atom. The molecule has 1 heterocycles. The van der Waals surface area contributed by atoms with Crippen LogP contribution in [0, 0.1) is 5.82 Å². The first-order chi connectivity index (χ1) is 18.4. The van der Waals surface area contributed by atoms with Gasteiger partial charge in [-0.05, 0) is 54.6 Å². The minimum Gasteiger partial charge on any atom is -0.493 e. The standard InChI is InChI=1S/C26H23BrFN5O4S/c1-36-21-12-7-16(13-22(21)37-2)25(35)29-14-23-31-32-26(33(23)18-10-8-17(27)9-11-18)38-15-24(34)30-20-6-4-3-5-19(20)28/h3-13H,14-15H2,1-2H3,(H,29,35)(H,30,34). The number of hydrogen-bond acceptors (Lipinski definition) is 7. The first-order valence-corrected chi connectivity index (χ1v) is 13.0. The van der Waals surface area contributed by atoms with Crippen molar-refractivity contribution in [1.29, 1.82) is 0 Å². The number of nitrogens with one attached hydrogen (secondary N) is 2. The highest BCUT2D eigenvalue weighted by atomic mass is 79.9. The summed E-state index contributed by atoms with van der Waals surface area (Å²) in [4.78, 5) is 25.3. The van der Waals surface area contributed by atoms with Crippen LogP contribution in [0.4, 0.5) is 10.1 Å². The Labute approximate surface area is 230 Å². The number of hydrogen-bond donors (Lipinski definition) is 2. The largest absolute Gasteiger partial charge is 0.493 e. The maximum Gasteiger partial charge on any atom is 0.251 e. The second-order valence-electron chi connectivity index (χ2n) is 7.78. The van der Waals surface area contributed by atoms with E-state index in [1.54, 1.807) is 34.9 Å². The number of thioether (sulfide) groups is 1. The summed E-state index contributed by atoms with van der Waals surface area (Å²) in [6.45, 7) is 0.0677. The summed E-state index contributed by atoms with van der Waals surface area (Å²) >= 11 is 4.56. The minimum atomic E-state index is -0.517. The van der Waals surface area contributed by atoms with E-state index in [1.807, 2.05) is 24.3 Å². The number of ether oxygens (including phenoxy) is 2. The Balaban J connectivity index is 1.51. The quantitative estimate of drug-likeness (QED) is 0.251. The predicted molar refractivity (Wildman–Crippen MR) is 146 cm³/mol. The normalized spacial score (nSPS) is 10.6. The Hall–Kier alpha value is -3.90. The van der Waals surface area contributed by atoms with Crippen LogP contribution >= 0.6 is 27.7 Å². The van der Waals surface area contributed by atoms with Crippen molar-refractivity contribution in [3.63, 3.8) is 0 Å². The van der Waals surface area contributed by atoms with Crippen LogP contribution in [-0.2, 0) is 11.3 Å². The highest BCUT2D eigenvalue weighted by molar-refractivity contribution is 9.10. The van der Waals surface area contributed by atoms with Crippen LogP contribution in [0.15, 0.2) is 76.4 Å². The third kappa shape index (κ3) is 6.50. The molecule has 0 saturated heterocycles. The van der Waals surface area contributed by atoms with Crippen molar-refractivity contribution in [2.24, 2.45) is 0 Å². The number of methoxy groups -OCH3 is 2. The van der Waals surface area contributed by atoms with E-state index in [2.05, 4.69) is 36.8 Å². The third-order valence-electron chi connectivity index (χ3n) is 5.32. The molecule has 0 bridgehead atoms. The van der Waals surface area contributed by atoms with Crippen LogP contribution in [0.25, 0.3) is 5.69 Å². The van der Waals surface area contributed by atoms with Crippen molar-refractivity contribution in [3.05, 3.63) is 88.4 Å². The van der Waals surface area contributed by atoms with Crippen molar-refractivity contribution in [2.45, 2.75) is 11.7 Å². The molecule has 0 aliphatic heterocycles. The number of carbonyl (C=O) groups is 2. The Bertz CT molecular complexity index is 1450. The Morgan fingerprint density at radius 3 is 2.45 bits per heavy atom. The summed E-state index contributed by atoms with van der Waals surface area (Å²) in [5.41, 5.74) is 1.23. The molecular weight excluding hydrogens is 577 g/mol. The average molecular weight is 600 g/mol. The summed E-state index contributed by atoms with van der Waals surface area (Å²) in [6.07, 6.45) is 0. The first-order valence-electron chi connectivity index (χ1n) is 11.3. The van der Waals surface area contributed by atoms with E-state index in [9.17, 15) is 14.0 Å². The molecule has 2 N–H and O–H groups in total. The fourth-order valence-corrected chi connectivity index (χ4v) is 4.51. The van der Waals surface area contributed by atoms with Gasteiger partial charge in [-0.25, -0.2) is 4.39 Å². The van der Waals surface area contributed by atoms with Gasteiger partial charge in [-0.1, -0.05) is 39.8 Å². The molecule has 4 rings (SSSR count). The van der Waals surface area contributed by atoms with Gasteiger partial charge >= 0.3 is 0 Å². The molecule has 0 radical (unpaired) electrons. The summed E-state index contributed by atoms with van der Waals surface area (Å²) in [7, 11) is 3.02. The van der Waals surface area contributed by atoms with Crippen LogP contribution < -0.4 is 20.1 Å². The van der Waals surface area contributed by atoms with Gasteiger partial charge < -0.3 is 20.1 Å². The van der Waals surface area contributed by atoms with Gasteiger partial charge in [-0.3, -0.25) is 14.2 Å². The van der Waals surface area contributed by atoms with Crippen molar-refractivity contribution >= 4 is 45.2 Å². The van der Waals surface area contributed by atoms with E-state index in [0.717, 1.165) is 21.9 Å². The maximum absolute atomic E-state index is 13.9. The van der Waals surface area contributed by atoms with Gasteiger partial charge in [0.05, 0.1) is 32.2 Å².